The summed E-state index contributed by atoms with van der Waals surface area (Å²) in [5.41, 5.74) is 0. The molecule has 1 saturated carbocycles. The highest BCUT2D eigenvalue weighted by molar-refractivity contribution is 5.76. The highest BCUT2D eigenvalue weighted by Gasteiger charge is 2.37. The lowest BCUT2D eigenvalue weighted by atomic mass is 9.90. The van der Waals surface area contributed by atoms with E-state index in [2.05, 4.69) is 4.90 Å². The van der Waals surface area contributed by atoms with Gasteiger partial charge in [-0.2, -0.15) is 0 Å². The maximum absolute atomic E-state index is 11.8. The zero-order valence-electron chi connectivity index (χ0n) is 11.3. The molecule has 1 heterocycles. The maximum Gasteiger partial charge on any atom is 0.325 e. The Kier molecular flexibility index (Phi) is 4.97. The van der Waals surface area contributed by atoms with Gasteiger partial charge in [0.2, 0.25) is 0 Å². The van der Waals surface area contributed by atoms with Crippen LogP contribution in [0.5, 0.6) is 0 Å². The van der Waals surface area contributed by atoms with Crippen LogP contribution in [0.2, 0.25) is 0 Å². The fourth-order valence-electron chi connectivity index (χ4n) is 3.03. The first-order valence-electron chi connectivity index (χ1n) is 6.70. The van der Waals surface area contributed by atoms with Crippen molar-refractivity contribution in [2.75, 3.05) is 34.0 Å². The Balaban J connectivity index is 2.01. The number of hydrogen-bond donors (Lipinski definition) is 0. The molecule has 1 aliphatic heterocycles. The van der Waals surface area contributed by atoms with Crippen molar-refractivity contribution in [2.45, 2.75) is 43.9 Å². The van der Waals surface area contributed by atoms with E-state index in [1.165, 1.54) is 7.11 Å². The van der Waals surface area contributed by atoms with Crippen molar-refractivity contribution in [3.63, 3.8) is 0 Å². The summed E-state index contributed by atoms with van der Waals surface area (Å²) in [5, 5.41) is 0. The fraction of sp³-hybridized carbons (Fsp3) is 0.923. The standard InChI is InChI=1S/C13H23NO4/c1-16-11-5-3-4-10(8-11)14-6-7-18-9-12(14)13(15)17-2/h10-12H,3-9H2,1-2H3. The Labute approximate surface area is 108 Å². The largest absolute Gasteiger partial charge is 0.468 e. The van der Waals surface area contributed by atoms with E-state index < -0.39 is 0 Å². The average molecular weight is 257 g/mol. The van der Waals surface area contributed by atoms with Gasteiger partial charge < -0.3 is 14.2 Å². The molecule has 5 heteroatoms. The van der Waals surface area contributed by atoms with Gasteiger partial charge in [0.05, 0.1) is 26.4 Å². The quantitative estimate of drug-likeness (QED) is 0.701. The molecule has 104 valence electrons. The normalized spacial score (nSPS) is 34.2. The Hall–Kier alpha value is -0.650. The van der Waals surface area contributed by atoms with Gasteiger partial charge in [-0.25, -0.2) is 0 Å². The molecule has 2 aliphatic rings. The predicted octanol–water partition coefficient (Wildman–Crippen LogP) is 0.818. The van der Waals surface area contributed by atoms with Crippen molar-refractivity contribution >= 4 is 5.97 Å². The molecule has 2 rings (SSSR count). The molecule has 5 nitrogen and oxygen atoms in total. The highest BCUT2D eigenvalue weighted by Crippen LogP contribution is 2.27. The molecule has 0 aromatic carbocycles. The molecule has 0 bridgehead atoms. The van der Waals surface area contributed by atoms with Crippen LogP contribution in [-0.2, 0) is 19.0 Å². The van der Waals surface area contributed by atoms with Gasteiger partial charge in [0.15, 0.2) is 0 Å². The van der Waals surface area contributed by atoms with Crippen LogP contribution in [0.25, 0.3) is 0 Å². The lowest BCUT2D eigenvalue weighted by molar-refractivity contribution is -0.156. The molecule has 3 atom stereocenters. The molecule has 1 aliphatic carbocycles. The molecule has 3 unspecified atom stereocenters. The zero-order valence-corrected chi connectivity index (χ0v) is 11.3. The van der Waals surface area contributed by atoms with Crippen LogP contribution in [0.1, 0.15) is 25.7 Å². The lowest BCUT2D eigenvalue weighted by Gasteiger charge is -2.42. The Morgan fingerprint density at radius 2 is 2.17 bits per heavy atom. The third-order valence-electron chi connectivity index (χ3n) is 4.04. The van der Waals surface area contributed by atoms with Crippen LogP contribution in [0.3, 0.4) is 0 Å². The number of methoxy groups -OCH3 is 2. The smallest absolute Gasteiger partial charge is 0.325 e. The minimum absolute atomic E-state index is 0.186. The molecular formula is C13H23NO4. The third-order valence-corrected chi connectivity index (χ3v) is 4.04. The zero-order chi connectivity index (χ0) is 13.0. The average Bonchev–Trinajstić information content (AvgIpc) is 2.46. The summed E-state index contributed by atoms with van der Waals surface area (Å²) in [6, 6.07) is 0.168. The highest BCUT2D eigenvalue weighted by atomic mass is 16.5. The Bertz CT molecular complexity index is 284. The SMILES string of the molecule is COC(=O)C1COCCN1C1CCCC(OC)C1. The summed E-state index contributed by atoms with van der Waals surface area (Å²) < 4.78 is 15.7. The van der Waals surface area contributed by atoms with E-state index in [0.717, 1.165) is 32.2 Å². The number of nitrogens with zero attached hydrogens (tertiary/aromatic N) is 1. The Morgan fingerprint density at radius 3 is 2.89 bits per heavy atom. The van der Waals surface area contributed by atoms with Crippen molar-refractivity contribution < 1.29 is 19.0 Å². The first-order valence-corrected chi connectivity index (χ1v) is 6.70. The number of hydrogen-bond acceptors (Lipinski definition) is 5. The van der Waals surface area contributed by atoms with Crippen LogP contribution in [0, 0.1) is 0 Å². The van der Waals surface area contributed by atoms with E-state index in [1.807, 2.05) is 0 Å². The van der Waals surface area contributed by atoms with Gasteiger partial charge >= 0.3 is 5.97 Å². The minimum Gasteiger partial charge on any atom is -0.468 e. The van der Waals surface area contributed by atoms with Gasteiger partial charge in [0, 0.05) is 19.7 Å². The summed E-state index contributed by atoms with van der Waals surface area (Å²) in [5.74, 6) is -0.186. The van der Waals surface area contributed by atoms with Crippen LogP contribution < -0.4 is 0 Å². The lowest BCUT2D eigenvalue weighted by Crippen LogP contribution is -2.56. The molecule has 0 spiro atoms. The summed E-state index contributed by atoms with van der Waals surface area (Å²) in [7, 11) is 3.21. The predicted molar refractivity (Wildman–Crippen MR) is 66.4 cm³/mol. The van der Waals surface area contributed by atoms with Gasteiger partial charge in [-0.15, -0.1) is 0 Å². The van der Waals surface area contributed by atoms with Gasteiger partial charge in [0.1, 0.15) is 6.04 Å². The summed E-state index contributed by atoms with van der Waals surface area (Å²) in [6.45, 7) is 1.95. The second-order valence-electron chi connectivity index (χ2n) is 5.03. The number of rotatable bonds is 3. The molecule has 0 radical (unpaired) electrons. The van der Waals surface area contributed by atoms with Crippen molar-refractivity contribution in [3.8, 4) is 0 Å². The molecule has 1 saturated heterocycles. The van der Waals surface area contributed by atoms with E-state index in [4.69, 9.17) is 14.2 Å². The van der Waals surface area contributed by atoms with Crippen molar-refractivity contribution in [2.24, 2.45) is 0 Å². The van der Waals surface area contributed by atoms with Crippen LogP contribution in [0.15, 0.2) is 0 Å². The Morgan fingerprint density at radius 1 is 1.33 bits per heavy atom. The third kappa shape index (κ3) is 3.02. The summed E-state index contributed by atoms with van der Waals surface area (Å²) in [4.78, 5) is 14.0. The molecule has 18 heavy (non-hydrogen) atoms. The molecule has 0 amide bonds. The topological polar surface area (TPSA) is 48.0 Å². The minimum atomic E-state index is -0.246. The van der Waals surface area contributed by atoms with E-state index >= 15 is 0 Å². The number of morpholine rings is 1. The van der Waals surface area contributed by atoms with Crippen molar-refractivity contribution in [1.82, 2.24) is 4.90 Å². The number of esters is 1. The van der Waals surface area contributed by atoms with E-state index in [1.54, 1.807) is 7.11 Å². The van der Waals surface area contributed by atoms with Gasteiger partial charge in [-0.3, -0.25) is 9.69 Å². The van der Waals surface area contributed by atoms with Crippen LogP contribution in [-0.4, -0.2) is 63.0 Å². The second kappa shape index (κ2) is 6.50. The fourth-order valence-corrected chi connectivity index (χ4v) is 3.03. The van der Waals surface area contributed by atoms with Gasteiger partial charge in [-0.1, -0.05) is 0 Å². The van der Waals surface area contributed by atoms with E-state index in [-0.39, 0.29) is 12.0 Å². The molecule has 2 fully saturated rings. The molecule has 0 aromatic rings. The van der Waals surface area contributed by atoms with E-state index in [0.29, 0.717) is 25.4 Å². The monoisotopic (exact) mass is 257 g/mol. The number of carbonyl (C=O) groups excluding carboxylic acids is 1. The van der Waals surface area contributed by atoms with Crippen molar-refractivity contribution in [1.29, 1.82) is 0 Å². The van der Waals surface area contributed by atoms with Crippen molar-refractivity contribution in [3.05, 3.63) is 0 Å². The van der Waals surface area contributed by atoms with Gasteiger partial charge in [0.25, 0.3) is 0 Å². The maximum atomic E-state index is 11.8. The summed E-state index contributed by atoms with van der Waals surface area (Å²) in [6.07, 6.45) is 4.75. The molecule has 0 N–H and O–H groups in total. The number of carbonyl (C=O) groups is 1. The first kappa shape index (κ1) is 13.8. The molecular weight excluding hydrogens is 234 g/mol. The van der Waals surface area contributed by atoms with Crippen LogP contribution in [0.4, 0.5) is 0 Å². The first-order chi connectivity index (χ1) is 8.76. The van der Waals surface area contributed by atoms with E-state index in [9.17, 15) is 4.79 Å². The number of ether oxygens (including phenoxy) is 3. The molecule has 0 aromatic heterocycles. The summed E-state index contributed by atoms with van der Waals surface area (Å²) >= 11 is 0. The van der Waals surface area contributed by atoms with Crippen LogP contribution >= 0.6 is 0 Å². The second-order valence-corrected chi connectivity index (χ2v) is 5.03. The van der Waals surface area contributed by atoms with Gasteiger partial charge in [-0.05, 0) is 25.7 Å².